The van der Waals surface area contributed by atoms with Crippen molar-refractivity contribution in [1.82, 2.24) is 15.2 Å². The van der Waals surface area contributed by atoms with E-state index >= 15 is 0 Å². The first-order valence-electron chi connectivity index (χ1n) is 13.8. The lowest BCUT2D eigenvalue weighted by Crippen LogP contribution is -2.58. The van der Waals surface area contributed by atoms with Crippen LogP contribution in [0.15, 0.2) is 36.5 Å². The highest BCUT2D eigenvalue weighted by atomic mass is 19.1. The molecule has 0 bridgehead atoms. The Kier molecular flexibility index (Phi) is 7.84. The van der Waals surface area contributed by atoms with Gasteiger partial charge < -0.3 is 23.8 Å². The lowest BCUT2D eigenvalue weighted by atomic mass is 9.89. The maximum Gasteiger partial charge on any atom is 0.416 e. The third-order valence-corrected chi connectivity index (χ3v) is 7.53. The second kappa shape index (κ2) is 11.3. The quantitative estimate of drug-likeness (QED) is 0.352. The average molecular weight is 598 g/mol. The summed E-state index contributed by atoms with van der Waals surface area (Å²) >= 11 is 0. The van der Waals surface area contributed by atoms with Crippen molar-refractivity contribution in [3.8, 4) is 22.9 Å². The first-order chi connectivity index (χ1) is 20.4. The van der Waals surface area contributed by atoms with E-state index in [-0.39, 0.29) is 35.5 Å². The van der Waals surface area contributed by atoms with Gasteiger partial charge in [0.2, 0.25) is 5.88 Å². The van der Waals surface area contributed by atoms with Crippen molar-refractivity contribution in [3.63, 3.8) is 0 Å². The first kappa shape index (κ1) is 29.9. The molecule has 1 saturated heterocycles. The number of ether oxygens (including phenoxy) is 4. The molecule has 1 aromatic carbocycles. The minimum absolute atomic E-state index is 0.0775. The number of esters is 1. The Bertz CT molecular complexity index is 1550. The third-order valence-electron chi connectivity index (χ3n) is 7.53. The number of rotatable bonds is 6. The van der Waals surface area contributed by atoms with Gasteiger partial charge in [0.1, 0.15) is 17.5 Å². The van der Waals surface area contributed by atoms with Crippen LogP contribution in [0.4, 0.5) is 25.1 Å². The molecule has 3 aromatic rings. The number of carbonyl (C=O) groups excluding carboxylic acids is 2. The molecular formula is C30H33F2N5O6. The molecule has 5 rings (SSSR count). The van der Waals surface area contributed by atoms with Crippen molar-refractivity contribution < 1.29 is 37.3 Å². The van der Waals surface area contributed by atoms with E-state index in [9.17, 15) is 18.4 Å². The minimum atomic E-state index is -0.879. The van der Waals surface area contributed by atoms with Crippen LogP contribution in [0.5, 0.6) is 11.6 Å². The fourth-order valence-electron chi connectivity index (χ4n) is 5.58. The minimum Gasteiger partial charge on any atom is -0.493 e. The summed E-state index contributed by atoms with van der Waals surface area (Å²) in [7, 11) is 2.58. The van der Waals surface area contributed by atoms with Crippen LogP contribution in [0.2, 0.25) is 0 Å². The van der Waals surface area contributed by atoms with Crippen molar-refractivity contribution in [2.45, 2.75) is 57.8 Å². The van der Waals surface area contributed by atoms with E-state index in [1.807, 2.05) is 6.92 Å². The number of anilines is 2. The Morgan fingerprint density at radius 2 is 1.88 bits per heavy atom. The molecule has 2 aromatic heterocycles. The number of benzene rings is 1. The zero-order chi connectivity index (χ0) is 31.1. The van der Waals surface area contributed by atoms with Gasteiger partial charge >= 0.3 is 12.1 Å². The van der Waals surface area contributed by atoms with E-state index in [0.717, 1.165) is 12.1 Å². The maximum absolute atomic E-state index is 14.6. The number of hydrogen-bond donors (Lipinski definition) is 0. The number of methoxy groups -OCH3 is 2. The third kappa shape index (κ3) is 5.75. The SMILES string of the molecule is CC[C@]12C[C@@H](Oc3ccc(C(=O)OC)cn3)CN1c1cc(-c3cc(F)cc(F)c3OC)nnc1N(C(=O)OC(C)(C)C)C2. The van der Waals surface area contributed by atoms with Gasteiger partial charge in [-0.2, -0.15) is 0 Å². The van der Waals surface area contributed by atoms with E-state index < -0.39 is 34.8 Å². The number of carbonyl (C=O) groups is 2. The van der Waals surface area contributed by atoms with Crippen molar-refractivity contribution in [2.24, 2.45) is 0 Å². The number of amides is 1. The Morgan fingerprint density at radius 3 is 2.51 bits per heavy atom. The zero-order valence-corrected chi connectivity index (χ0v) is 24.8. The molecule has 1 amide bonds. The predicted octanol–water partition coefficient (Wildman–Crippen LogP) is 5.17. The van der Waals surface area contributed by atoms with E-state index in [1.165, 1.54) is 25.3 Å². The molecular weight excluding hydrogens is 564 g/mol. The molecule has 0 saturated carbocycles. The molecule has 1 fully saturated rings. The summed E-state index contributed by atoms with van der Waals surface area (Å²) in [5, 5.41) is 8.61. The summed E-state index contributed by atoms with van der Waals surface area (Å²) in [5.74, 6) is -1.79. The van der Waals surface area contributed by atoms with Gasteiger partial charge in [0.25, 0.3) is 0 Å². The molecule has 228 valence electrons. The summed E-state index contributed by atoms with van der Waals surface area (Å²) in [4.78, 5) is 33.1. The molecule has 0 spiro atoms. The largest absolute Gasteiger partial charge is 0.493 e. The fraction of sp³-hybridized carbons (Fsp3) is 0.433. The molecule has 13 heteroatoms. The van der Waals surface area contributed by atoms with Gasteiger partial charge in [-0.15, -0.1) is 10.2 Å². The molecule has 0 radical (unpaired) electrons. The van der Waals surface area contributed by atoms with Gasteiger partial charge in [-0.3, -0.25) is 4.90 Å². The van der Waals surface area contributed by atoms with Crippen LogP contribution in [0.25, 0.3) is 11.3 Å². The summed E-state index contributed by atoms with van der Waals surface area (Å²) in [6, 6.07) is 6.66. The first-order valence-corrected chi connectivity index (χ1v) is 13.8. The van der Waals surface area contributed by atoms with Gasteiger partial charge in [-0.25, -0.2) is 23.4 Å². The molecule has 2 aliphatic heterocycles. The Labute approximate surface area is 247 Å². The zero-order valence-electron chi connectivity index (χ0n) is 24.8. The summed E-state index contributed by atoms with van der Waals surface area (Å²) in [5.41, 5.74) is -0.311. The van der Waals surface area contributed by atoms with Gasteiger partial charge in [0.15, 0.2) is 17.4 Å². The number of nitrogens with zero attached hydrogens (tertiary/aromatic N) is 5. The highest BCUT2D eigenvalue weighted by molar-refractivity contribution is 5.94. The van der Waals surface area contributed by atoms with Gasteiger partial charge in [0, 0.05) is 24.8 Å². The number of hydrogen-bond acceptors (Lipinski definition) is 10. The number of aromatic nitrogens is 3. The smallest absolute Gasteiger partial charge is 0.416 e. The molecule has 43 heavy (non-hydrogen) atoms. The van der Waals surface area contributed by atoms with E-state index in [1.54, 1.807) is 39.0 Å². The van der Waals surface area contributed by atoms with Crippen molar-refractivity contribution in [3.05, 3.63) is 53.7 Å². The fourth-order valence-corrected chi connectivity index (χ4v) is 5.58. The average Bonchev–Trinajstić information content (AvgIpc) is 3.34. The number of fused-ring (bicyclic) bond motifs is 3. The van der Waals surface area contributed by atoms with Crippen LogP contribution in [-0.2, 0) is 9.47 Å². The van der Waals surface area contributed by atoms with Crippen LogP contribution in [0.1, 0.15) is 50.9 Å². The molecule has 0 N–H and O–H groups in total. The maximum atomic E-state index is 14.6. The van der Waals surface area contributed by atoms with Gasteiger partial charge in [-0.1, -0.05) is 6.92 Å². The highest BCUT2D eigenvalue weighted by Gasteiger charge is 2.52. The summed E-state index contributed by atoms with van der Waals surface area (Å²) in [6.45, 7) is 7.96. The Balaban J connectivity index is 1.56. The lowest BCUT2D eigenvalue weighted by Gasteiger charge is -2.47. The molecule has 0 aliphatic carbocycles. The standard InChI is InChI=1S/C30H33F2N5O6/c1-7-30-13-19(42-24-9-8-17(14-33-24)27(38)41-6)15-37(30)23-12-22(20-10-18(31)11-21(32)25(20)40-5)34-35-26(23)36(16-30)28(39)43-29(2,3)4/h8-12,14,19H,7,13,15-16H2,1-6H3/t19-,30-/m1/s1. The number of pyridine rings is 1. The lowest BCUT2D eigenvalue weighted by molar-refractivity contribution is 0.0562. The van der Waals surface area contributed by atoms with E-state index in [0.29, 0.717) is 36.5 Å². The Morgan fingerprint density at radius 1 is 1.12 bits per heavy atom. The van der Waals surface area contributed by atoms with Crippen molar-refractivity contribution in [2.75, 3.05) is 37.1 Å². The van der Waals surface area contributed by atoms with Crippen LogP contribution in [-0.4, -0.2) is 71.8 Å². The topological polar surface area (TPSA) is 116 Å². The number of halogens is 2. The van der Waals surface area contributed by atoms with Crippen LogP contribution in [0.3, 0.4) is 0 Å². The molecule has 11 nitrogen and oxygen atoms in total. The monoisotopic (exact) mass is 597 g/mol. The van der Waals surface area contributed by atoms with Crippen molar-refractivity contribution in [1.29, 1.82) is 0 Å². The van der Waals surface area contributed by atoms with Gasteiger partial charge in [0.05, 0.1) is 55.4 Å². The molecule has 0 unspecified atom stereocenters. The molecule has 2 atom stereocenters. The summed E-state index contributed by atoms with van der Waals surface area (Å²) < 4.78 is 50.8. The van der Waals surface area contributed by atoms with Crippen LogP contribution >= 0.6 is 0 Å². The summed E-state index contributed by atoms with van der Waals surface area (Å²) in [6.07, 6.45) is 1.56. The van der Waals surface area contributed by atoms with E-state index in [4.69, 9.17) is 18.9 Å². The van der Waals surface area contributed by atoms with E-state index in [2.05, 4.69) is 20.1 Å². The van der Waals surface area contributed by atoms with Crippen molar-refractivity contribution >= 4 is 23.6 Å². The van der Waals surface area contributed by atoms with Crippen LogP contribution in [0, 0.1) is 11.6 Å². The molecule has 4 heterocycles. The molecule has 2 aliphatic rings. The predicted molar refractivity (Wildman–Crippen MR) is 152 cm³/mol. The second-order valence-electron chi connectivity index (χ2n) is 11.5. The second-order valence-corrected chi connectivity index (χ2v) is 11.5. The van der Waals surface area contributed by atoms with Gasteiger partial charge in [-0.05, 0) is 45.4 Å². The normalized spacial score (nSPS) is 19.4. The van der Waals surface area contributed by atoms with Crippen LogP contribution < -0.4 is 19.3 Å². The highest BCUT2D eigenvalue weighted by Crippen LogP contribution is 2.48. The Hall–Kier alpha value is -4.55.